The zero-order valence-corrected chi connectivity index (χ0v) is 15.4. The molecule has 26 heavy (non-hydrogen) atoms. The molecule has 4 rings (SSSR count). The minimum Gasteiger partial charge on any atom is -0.356 e. The second-order valence-electron chi connectivity index (χ2n) is 7.29. The zero-order chi connectivity index (χ0) is 18.3. The first-order valence-electron chi connectivity index (χ1n) is 8.89. The van der Waals surface area contributed by atoms with Gasteiger partial charge in [0.15, 0.2) is 0 Å². The monoisotopic (exact) mass is 374 g/mol. The number of H-pyrrole nitrogens is 1. The van der Waals surface area contributed by atoms with Crippen LogP contribution in [0.1, 0.15) is 32.1 Å². The Bertz CT molecular complexity index is 944. The summed E-state index contributed by atoms with van der Waals surface area (Å²) >= 11 is 0. The standard InChI is InChI=1S/C17H22N6O2S/c1-23(17-15-4-5-19-16(15)20-10-21-17)13-7-12(8-13)22-26(24,25)14-3-2-11(6-14)9-18/h4-5,10-14,22H,2-3,6-8H2,1H3,(H,19,20,21)/t11-,12-,13+,14+/m1/s1. The molecule has 2 aliphatic carbocycles. The van der Waals surface area contributed by atoms with Gasteiger partial charge in [-0.25, -0.2) is 23.1 Å². The number of fused-ring (bicyclic) bond motifs is 1. The third kappa shape index (κ3) is 3.04. The van der Waals surface area contributed by atoms with Gasteiger partial charge in [-0.2, -0.15) is 5.26 Å². The van der Waals surface area contributed by atoms with Gasteiger partial charge >= 0.3 is 0 Å². The number of anilines is 1. The summed E-state index contributed by atoms with van der Waals surface area (Å²) in [7, 11) is -1.37. The van der Waals surface area contributed by atoms with Crippen molar-refractivity contribution in [2.75, 3.05) is 11.9 Å². The Kier molecular flexibility index (Phi) is 4.32. The molecule has 138 valence electrons. The summed E-state index contributed by atoms with van der Waals surface area (Å²) < 4.78 is 27.9. The Morgan fingerprint density at radius 3 is 2.85 bits per heavy atom. The quantitative estimate of drug-likeness (QED) is 0.820. The Hall–Kier alpha value is -2.18. The van der Waals surface area contributed by atoms with E-state index in [1.165, 1.54) is 6.33 Å². The van der Waals surface area contributed by atoms with Gasteiger partial charge in [0, 0.05) is 31.2 Å². The molecule has 2 aromatic heterocycles. The minimum absolute atomic E-state index is 0.0443. The van der Waals surface area contributed by atoms with E-state index in [9.17, 15) is 8.42 Å². The second kappa shape index (κ2) is 6.52. The van der Waals surface area contributed by atoms with Gasteiger partial charge in [0.05, 0.1) is 16.7 Å². The highest BCUT2D eigenvalue weighted by Gasteiger charge is 2.40. The fraction of sp³-hybridized carbons (Fsp3) is 0.588. The average Bonchev–Trinajstić information content (AvgIpc) is 3.25. The van der Waals surface area contributed by atoms with Crippen LogP contribution >= 0.6 is 0 Å². The van der Waals surface area contributed by atoms with Crippen LogP contribution in [0.2, 0.25) is 0 Å². The predicted octanol–water partition coefficient (Wildman–Crippen LogP) is 1.54. The van der Waals surface area contributed by atoms with Crippen molar-refractivity contribution < 1.29 is 8.42 Å². The first kappa shape index (κ1) is 17.2. The van der Waals surface area contributed by atoms with E-state index in [1.807, 2.05) is 19.3 Å². The number of aromatic nitrogens is 3. The Balaban J connectivity index is 1.37. The number of rotatable bonds is 5. The molecule has 2 aromatic rings. The molecular formula is C17H22N6O2S. The van der Waals surface area contributed by atoms with Crippen molar-refractivity contribution >= 4 is 26.9 Å². The van der Waals surface area contributed by atoms with Crippen LogP contribution in [0.15, 0.2) is 18.6 Å². The third-order valence-electron chi connectivity index (χ3n) is 5.66. The summed E-state index contributed by atoms with van der Waals surface area (Å²) in [4.78, 5) is 13.8. The lowest BCUT2D eigenvalue weighted by Crippen LogP contribution is -2.54. The molecule has 2 heterocycles. The molecule has 8 nitrogen and oxygen atoms in total. The molecule has 2 saturated carbocycles. The summed E-state index contributed by atoms with van der Waals surface area (Å²) in [6.07, 6.45) is 6.59. The maximum atomic E-state index is 12.5. The molecule has 0 bridgehead atoms. The highest BCUT2D eigenvalue weighted by Crippen LogP contribution is 2.34. The van der Waals surface area contributed by atoms with Crippen LogP contribution in [0.3, 0.4) is 0 Å². The summed E-state index contributed by atoms with van der Waals surface area (Å²) in [5, 5.41) is 9.51. The average molecular weight is 374 g/mol. The van der Waals surface area contributed by atoms with Crippen molar-refractivity contribution in [2.45, 2.75) is 49.4 Å². The number of nitrogens with one attached hydrogen (secondary N) is 2. The van der Waals surface area contributed by atoms with Crippen molar-refractivity contribution in [3.8, 4) is 6.07 Å². The molecule has 2 fully saturated rings. The lowest BCUT2D eigenvalue weighted by molar-refractivity contribution is 0.315. The van der Waals surface area contributed by atoms with E-state index >= 15 is 0 Å². The van der Waals surface area contributed by atoms with Gasteiger partial charge in [-0.05, 0) is 38.2 Å². The molecule has 0 amide bonds. The Morgan fingerprint density at radius 2 is 2.12 bits per heavy atom. The molecular weight excluding hydrogens is 352 g/mol. The van der Waals surface area contributed by atoms with Gasteiger partial charge in [0.25, 0.3) is 0 Å². The number of nitrogens with zero attached hydrogens (tertiary/aromatic N) is 4. The molecule has 0 saturated heterocycles. The summed E-state index contributed by atoms with van der Waals surface area (Å²) in [6.45, 7) is 0. The Morgan fingerprint density at radius 1 is 1.31 bits per heavy atom. The molecule has 0 unspecified atom stereocenters. The van der Waals surface area contributed by atoms with Gasteiger partial charge < -0.3 is 9.88 Å². The van der Waals surface area contributed by atoms with Crippen LogP contribution < -0.4 is 9.62 Å². The van der Waals surface area contributed by atoms with Gasteiger partial charge in [-0.15, -0.1) is 0 Å². The van der Waals surface area contributed by atoms with Crippen molar-refractivity contribution in [2.24, 2.45) is 5.92 Å². The van der Waals surface area contributed by atoms with Crippen molar-refractivity contribution in [1.82, 2.24) is 19.7 Å². The smallest absolute Gasteiger partial charge is 0.214 e. The van der Waals surface area contributed by atoms with Crippen molar-refractivity contribution in [3.63, 3.8) is 0 Å². The second-order valence-corrected chi connectivity index (χ2v) is 9.29. The topological polar surface area (TPSA) is 115 Å². The van der Waals surface area contributed by atoms with Gasteiger partial charge in [-0.3, -0.25) is 0 Å². The summed E-state index contributed by atoms with van der Waals surface area (Å²) in [5.74, 6) is 0.730. The van der Waals surface area contributed by atoms with Gasteiger partial charge in [-0.1, -0.05) is 0 Å². The lowest BCUT2D eigenvalue weighted by atomic mass is 9.86. The fourth-order valence-electron chi connectivity index (χ4n) is 3.98. The SMILES string of the molecule is CN(c1ncnc2[nH]ccc12)[C@H]1C[C@@H](NS(=O)(=O)[C@H]2CC[C@@H](C#N)C2)C1. The summed E-state index contributed by atoms with van der Waals surface area (Å²) in [6, 6.07) is 4.33. The molecule has 2 N–H and O–H groups in total. The van der Waals surface area contributed by atoms with Crippen LogP contribution in [-0.4, -0.2) is 47.8 Å². The molecule has 2 aliphatic rings. The number of nitriles is 1. The van der Waals surface area contributed by atoms with Crippen LogP contribution in [0, 0.1) is 17.2 Å². The minimum atomic E-state index is -3.35. The number of hydrogen-bond acceptors (Lipinski definition) is 6. The normalized spacial score (nSPS) is 28.6. The molecule has 0 aliphatic heterocycles. The lowest BCUT2D eigenvalue weighted by Gasteiger charge is -2.42. The van der Waals surface area contributed by atoms with Crippen molar-refractivity contribution in [1.29, 1.82) is 5.26 Å². The van der Waals surface area contributed by atoms with E-state index in [0.717, 1.165) is 29.7 Å². The first-order chi connectivity index (χ1) is 12.5. The van der Waals surface area contributed by atoms with Crippen molar-refractivity contribution in [3.05, 3.63) is 18.6 Å². The van der Waals surface area contributed by atoms with E-state index < -0.39 is 15.3 Å². The highest BCUT2D eigenvalue weighted by atomic mass is 32.2. The maximum absolute atomic E-state index is 12.5. The number of aromatic amines is 1. The fourth-order valence-corrected chi connectivity index (χ4v) is 5.76. The first-order valence-corrected chi connectivity index (χ1v) is 10.4. The highest BCUT2D eigenvalue weighted by molar-refractivity contribution is 7.90. The predicted molar refractivity (Wildman–Crippen MR) is 97.9 cm³/mol. The van der Waals surface area contributed by atoms with Crippen LogP contribution in [0.4, 0.5) is 5.82 Å². The van der Waals surface area contributed by atoms with E-state index in [4.69, 9.17) is 5.26 Å². The molecule has 0 spiro atoms. The number of hydrogen-bond donors (Lipinski definition) is 2. The van der Waals surface area contributed by atoms with E-state index in [0.29, 0.717) is 19.3 Å². The van der Waals surface area contributed by atoms with Crippen LogP contribution in [0.25, 0.3) is 11.0 Å². The summed E-state index contributed by atoms with van der Waals surface area (Å²) in [5.41, 5.74) is 0.798. The molecule has 2 atom stereocenters. The molecule has 0 aromatic carbocycles. The van der Waals surface area contributed by atoms with E-state index in [2.05, 4.69) is 30.6 Å². The Labute approximate surface area is 152 Å². The largest absolute Gasteiger partial charge is 0.356 e. The van der Waals surface area contributed by atoms with Gasteiger partial charge in [0.1, 0.15) is 17.8 Å². The van der Waals surface area contributed by atoms with Crippen LogP contribution in [-0.2, 0) is 10.0 Å². The van der Waals surface area contributed by atoms with E-state index in [1.54, 1.807) is 0 Å². The third-order valence-corrected chi connectivity index (χ3v) is 7.63. The zero-order valence-electron chi connectivity index (χ0n) is 14.6. The maximum Gasteiger partial charge on any atom is 0.214 e. The van der Waals surface area contributed by atoms with Crippen LogP contribution in [0.5, 0.6) is 0 Å². The van der Waals surface area contributed by atoms with Gasteiger partial charge in [0.2, 0.25) is 10.0 Å². The molecule has 0 radical (unpaired) electrons. The molecule has 9 heteroatoms. The number of sulfonamides is 1. The van der Waals surface area contributed by atoms with E-state index in [-0.39, 0.29) is 18.0 Å².